The molecule has 1 aliphatic rings. The van der Waals surface area contributed by atoms with E-state index in [1.165, 1.54) is 187 Å². The van der Waals surface area contributed by atoms with Crippen LogP contribution in [0.15, 0.2) is 24.8 Å². The molecule has 3 rings (SSSR count). The van der Waals surface area contributed by atoms with Crippen molar-refractivity contribution in [3.8, 4) is 0 Å². The number of thioether (sulfide) groups is 1. The first kappa shape index (κ1) is 74.6. The molecule has 0 radical (unpaired) electrons. The fourth-order valence-corrected chi connectivity index (χ4v) is 13.0. The molecule has 478 valence electrons. The number of nitrogens with two attached hydrogens (primary N) is 1. The third-order valence-corrected chi connectivity index (χ3v) is 18.4. The number of hydrogen-bond donors (Lipinski definition) is 9. The second kappa shape index (κ2) is 41.5. The lowest BCUT2D eigenvalue weighted by Gasteiger charge is -2.30. The number of imidazole rings is 1. The van der Waals surface area contributed by atoms with Crippen LogP contribution in [0, 0.1) is 5.41 Å². The second-order valence-corrected chi connectivity index (χ2v) is 27.7. The summed E-state index contributed by atoms with van der Waals surface area (Å²) in [5.41, 5.74) is 4.30. The average Bonchev–Trinajstić information content (AvgIpc) is 2.22. The summed E-state index contributed by atoms with van der Waals surface area (Å²) in [6, 6.07) is 0. The van der Waals surface area contributed by atoms with Crippen LogP contribution in [0.2, 0.25) is 0 Å². The average molecular weight is 1260 g/mol. The Hall–Kier alpha value is -2.70. The molecule has 0 aromatic carbocycles. The highest BCUT2D eigenvalue weighted by molar-refractivity contribution is 8.14. The first-order chi connectivity index (χ1) is 39.6. The van der Waals surface area contributed by atoms with Crippen molar-refractivity contribution >= 4 is 69.1 Å². The minimum Gasteiger partial charge on any atom is -0.386 e. The number of amides is 2. The number of carbonyl (C=O) groups is 3. The lowest BCUT2D eigenvalue weighted by Crippen LogP contribution is -2.46. The van der Waals surface area contributed by atoms with E-state index in [0.717, 1.165) is 48.2 Å². The van der Waals surface area contributed by atoms with Gasteiger partial charge in [0.05, 0.1) is 19.5 Å². The lowest BCUT2D eigenvalue weighted by atomic mass is 9.87. The summed E-state index contributed by atoms with van der Waals surface area (Å²) < 4.78 is 62.6. The van der Waals surface area contributed by atoms with Crippen LogP contribution in [0.3, 0.4) is 0 Å². The van der Waals surface area contributed by atoms with Gasteiger partial charge >= 0.3 is 23.5 Å². The van der Waals surface area contributed by atoms with Crippen molar-refractivity contribution in [2.75, 3.05) is 37.8 Å². The van der Waals surface area contributed by atoms with Crippen molar-refractivity contribution in [3.05, 3.63) is 24.8 Å². The zero-order valence-corrected chi connectivity index (χ0v) is 52.9. The zero-order valence-electron chi connectivity index (χ0n) is 49.4. The molecule has 2 aromatic heterocycles. The van der Waals surface area contributed by atoms with E-state index >= 15 is 0 Å². The molecular formula is C55H100N7O17P3S. The van der Waals surface area contributed by atoms with E-state index in [1.807, 2.05) is 6.08 Å². The number of anilines is 1. The van der Waals surface area contributed by atoms with Crippen molar-refractivity contribution in [1.82, 2.24) is 30.2 Å². The molecule has 2 unspecified atom stereocenters. The van der Waals surface area contributed by atoms with Crippen LogP contribution in [0.5, 0.6) is 0 Å². The number of hydrogen-bond acceptors (Lipinski definition) is 18. The summed E-state index contributed by atoms with van der Waals surface area (Å²) in [7, 11) is -16.4. The number of aliphatic hydroxyl groups is 2. The smallest absolute Gasteiger partial charge is 0.386 e. The summed E-state index contributed by atoms with van der Waals surface area (Å²) >= 11 is 1.08. The van der Waals surface area contributed by atoms with Gasteiger partial charge in [0.1, 0.15) is 36.3 Å². The third kappa shape index (κ3) is 32.7. The van der Waals surface area contributed by atoms with Crippen LogP contribution in [0.1, 0.15) is 226 Å². The number of phosphoric ester groups is 3. The van der Waals surface area contributed by atoms with Crippen LogP contribution >= 0.6 is 35.2 Å². The molecule has 1 aliphatic heterocycles. The maximum Gasteiger partial charge on any atom is 0.481 e. The summed E-state index contributed by atoms with van der Waals surface area (Å²) in [6.07, 6.45) is 37.1. The maximum absolute atomic E-state index is 12.8. The van der Waals surface area contributed by atoms with Gasteiger partial charge in [-0.1, -0.05) is 218 Å². The molecule has 0 spiro atoms. The number of aliphatic hydroxyl groups excluding tert-OH is 2. The van der Waals surface area contributed by atoms with E-state index in [-0.39, 0.29) is 41.6 Å². The fourth-order valence-electron chi connectivity index (χ4n) is 9.62. The van der Waals surface area contributed by atoms with Crippen molar-refractivity contribution in [2.45, 2.75) is 250 Å². The number of allylic oxidation sites excluding steroid dienone is 1. The molecule has 83 heavy (non-hydrogen) atoms. The van der Waals surface area contributed by atoms with Crippen LogP contribution in [-0.2, 0) is 50.7 Å². The predicted octanol–water partition coefficient (Wildman–Crippen LogP) is 10.9. The minimum atomic E-state index is -5.58. The number of fused-ring (bicyclic) bond motifs is 1. The van der Waals surface area contributed by atoms with Gasteiger partial charge in [-0.2, -0.15) is 4.31 Å². The number of nitrogen functional groups attached to an aromatic ring is 1. The van der Waals surface area contributed by atoms with E-state index in [9.17, 15) is 57.9 Å². The van der Waals surface area contributed by atoms with E-state index < -0.39 is 84.6 Å². The van der Waals surface area contributed by atoms with Crippen LogP contribution in [0.25, 0.3) is 11.2 Å². The molecule has 2 amide bonds. The quantitative estimate of drug-likeness (QED) is 0.0169. The number of rotatable bonds is 50. The van der Waals surface area contributed by atoms with Gasteiger partial charge < -0.3 is 50.9 Å². The highest BCUT2D eigenvalue weighted by Crippen LogP contribution is 2.61. The molecule has 28 heteroatoms. The Bertz CT molecular complexity index is 2330. The molecular weight excluding hydrogens is 1160 g/mol. The fraction of sp³-hybridized carbons (Fsp3) is 0.818. The molecule has 3 heterocycles. The highest BCUT2D eigenvalue weighted by Gasteiger charge is 2.50. The SMILES string of the molecule is CCCCCCCCCCCCCCCCCCCCCCCCCCCCCCC/C=C/C(=O)SCCNC(=O)CCNC(=O)[C@H](O)C(C)(C)COP(=O)(O)OP(=O)(O)OC[C@H]1O[C@@H](n2cnc3c(N)ncnc32)[C@H](O)[C@@H]1OP(=O)(O)O. The number of ether oxygens (including phenoxy) is 1. The molecule has 1 saturated heterocycles. The first-order valence-electron chi connectivity index (χ1n) is 30.3. The van der Waals surface area contributed by atoms with Crippen LogP contribution in [0.4, 0.5) is 5.82 Å². The van der Waals surface area contributed by atoms with Crippen molar-refractivity contribution in [3.63, 3.8) is 0 Å². The molecule has 0 saturated carbocycles. The van der Waals surface area contributed by atoms with Gasteiger partial charge in [-0.05, 0) is 18.9 Å². The third-order valence-electron chi connectivity index (χ3n) is 14.5. The number of nitrogens with one attached hydrogen (secondary N) is 2. The van der Waals surface area contributed by atoms with Gasteiger partial charge in [0.25, 0.3) is 0 Å². The number of nitrogens with zero attached hydrogens (tertiary/aromatic N) is 4. The Balaban J connectivity index is 1.14. The number of phosphoric acid groups is 3. The highest BCUT2D eigenvalue weighted by atomic mass is 32.2. The van der Waals surface area contributed by atoms with Gasteiger partial charge in [-0.25, -0.2) is 28.6 Å². The van der Waals surface area contributed by atoms with Gasteiger partial charge in [-0.3, -0.25) is 32.5 Å². The molecule has 7 atom stereocenters. The molecule has 10 N–H and O–H groups in total. The first-order valence-corrected chi connectivity index (χ1v) is 35.8. The molecule has 24 nitrogen and oxygen atoms in total. The predicted molar refractivity (Wildman–Crippen MR) is 320 cm³/mol. The standard InChI is InChI=1S/C55H100N7O17P3S/c1-4-5-6-7-8-9-10-11-12-13-14-15-16-17-18-19-20-21-22-23-24-25-26-27-28-29-30-31-32-33-34-35-46(64)83-39-38-57-45(63)36-37-58-53(67)50(66)55(2,3)41-76-82(73,74)79-81(71,72)75-40-44-49(78-80(68,69)70)48(65)54(77-44)62-43-61-47-51(56)59-42-60-52(47)62/h34-35,42-44,48-50,54,65-66H,4-33,36-41H2,1-3H3,(H,57,63)(H,58,67)(H,71,72)(H,73,74)(H2,56,59,60)(H2,68,69,70)/b35-34+/t44-,48-,49-,50+,54-/m1/s1. The van der Waals surface area contributed by atoms with E-state index in [2.05, 4.69) is 41.3 Å². The zero-order chi connectivity index (χ0) is 61.0. The molecule has 0 aliphatic carbocycles. The molecule has 1 fully saturated rings. The van der Waals surface area contributed by atoms with E-state index in [4.69, 9.17) is 19.5 Å². The number of aromatic nitrogens is 4. The monoisotopic (exact) mass is 1260 g/mol. The van der Waals surface area contributed by atoms with Crippen molar-refractivity contribution < 1.29 is 80.5 Å². The summed E-state index contributed by atoms with van der Waals surface area (Å²) in [4.78, 5) is 88.7. The van der Waals surface area contributed by atoms with E-state index in [0.29, 0.717) is 5.75 Å². The lowest BCUT2D eigenvalue weighted by molar-refractivity contribution is -0.137. The largest absolute Gasteiger partial charge is 0.481 e. The second-order valence-electron chi connectivity index (χ2n) is 22.3. The van der Waals surface area contributed by atoms with E-state index in [1.54, 1.807) is 6.08 Å². The number of unbranched alkanes of at least 4 members (excludes halogenated alkanes) is 29. The maximum atomic E-state index is 12.8. The summed E-state index contributed by atoms with van der Waals surface area (Å²) in [5.74, 6) is -1.09. The van der Waals surface area contributed by atoms with Gasteiger partial charge in [0.2, 0.25) is 16.9 Å². The Morgan fingerprint density at radius 2 is 1.23 bits per heavy atom. The normalized spacial score (nSPS) is 18.6. The minimum absolute atomic E-state index is 0.0337. The van der Waals surface area contributed by atoms with Crippen LogP contribution < -0.4 is 16.4 Å². The van der Waals surface area contributed by atoms with Crippen LogP contribution in [-0.4, -0.2) is 123 Å². The molecule has 0 bridgehead atoms. The Morgan fingerprint density at radius 1 is 0.735 bits per heavy atom. The summed E-state index contributed by atoms with van der Waals surface area (Å²) in [5, 5.41) is 26.6. The van der Waals surface area contributed by atoms with Crippen molar-refractivity contribution in [2.24, 2.45) is 5.41 Å². The van der Waals surface area contributed by atoms with Crippen molar-refractivity contribution in [1.29, 1.82) is 0 Å². The Labute approximate surface area is 496 Å². The van der Waals surface area contributed by atoms with Gasteiger partial charge in [0.15, 0.2) is 17.7 Å². The van der Waals surface area contributed by atoms with Gasteiger partial charge in [-0.15, -0.1) is 0 Å². The number of carbonyl (C=O) groups excluding carboxylic acids is 3. The Morgan fingerprint density at radius 3 is 1.73 bits per heavy atom. The topological polar surface area (TPSA) is 364 Å². The molecule has 2 aromatic rings. The Kier molecular flexibility index (Phi) is 37.2. The van der Waals surface area contributed by atoms with Gasteiger partial charge in [0, 0.05) is 30.7 Å². The summed E-state index contributed by atoms with van der Waals surface area (Å²) in [6.45, 7) is 2.82.